The van der Waals surface area contributed by atoms with E-state index in [-0.39, 0.29) is 18.5 Å². The zero-order chi connectivity index (χ0) is 15.1. The summed E-state index contributed by atoms with van der Waals surface area (Å²) in [5, 5.41) is 11.7. The number of hydrogen-bond acceptors (Lipinski definition) is 2. The average molecular weight is 278 g/mol. The summed E-state index contributed by atoms with van der Waals surface area (Å²) in [6.07, 6.45) is 0.805. The number of aliphatic carboxylic acids is 1. The minimum atomic E-state index is -1.01. The lowest BCUT2D eigenvalue weighted by Gasteiger charge is -2.23. The van der Waals surface area contributed by atoms with Crippen LogP contribution >= 0.6 is 0 Å². The van der Waals surface area contributed by atoms with Crippen LogP contribution in [0.5, 0.6) is 0 Å². The number of urea groups is 1. The van der Waals surface area contributed by atoms with E-state index in [9.17, 15) is 9.59 Å². The highest BCUT2D eigenvalue weighted by Gasteiger charge is 2.18. The largest absolute Gasteiger partial charge is 0.480 e. The smallest absolute Gasteiger partial charge is 0.323 e. The highest BCUT2D eigenvalue weighted by Crippen LogP contribution is 2.16. The van der Waals surface area contributed by atoms with Gasteiger partial charge in [0.15, 0.2) is 0 Å². The molecule has 0 radical (unpaired) electrons. The van der Waals surface area contributed by atoms with Crippen LogP contribution in [-0.2, 0) is 11.2 Å². The number of hydrogen-bond donors (Lipinski definition) is 2. The van der Waals surface area contributed by atoms with Gasteiger partial charge < -0.3 is 15.3 Å². The van der Waals surface area contributed by atoms with E-state index >= 15 is 0 Å². The highest BCUT2D eigenvalue weighted by atomic mass is 16.4. The van der Waals surface area contributed by atoms with Crippen molar-refractivity contribution in [3.05, 3.63) is 29.8 Å². The van der Waals surface area contributed by atoms with Gasteiger partial charge in [0.1, 0.15) is 6.54 Å². The van der Waals surface area contributed by atoms with Crippen LogP contribution in [0.2, 0.25) is 0 Å². The number of amides is 2. The van der Waals surface area contributed by atoms with Crippen molar-refractivity contribution >= 4 is 17.7 Å². The Bertz CT molecular complexity index is 472. The number of aryl methyl sites for hydroxylation is 1. The molecule has 0 unspecified atom stereocenters. The third-order valence-corrected chi connectivity index (χ3v) is 2.84. The molecule has 5 nitrogen and oxygen atoms in total. The summed E-state index contributed by atoms with van der Waals surface area (Å²) in [5.74, 6) is -0.800. The molecule has 0 aliphatic heterocycles. The second-order valence-corrected chi connectivity index (χ2v) is 5.11. The number of nitrogens with one attached hydrogen (secondary N) is 1. The Morgan fingerprint density at radius 2 is 1.95 bits per heavy atom. The topological polar surface area (TPSA) is 69.6 Å². The van der Waals surface area contributed by atoms with Crippen molar-refractivity contribution in [3.63, 3.8) is 0 Å². The van der Waals surface area contributed by atoms with Gasteiger partial charge in [-0.3, -0.25) is 4.79 Å². The van der Waals surface area contributed by atoms with Crippen LogP contribution in [0.4, 0.5) is 10.5 Å². The van der Waals surface area contributed by atoms with Crippen LogP contribution in [0.3, 0.4) is 0 Å². The lowest BCUT2D eigenvalue weighted by atomic mass is 10.1. The van der Waals surface area contributed by atoms with Crippen LogP contribution in [0, 0.1) is 5.92 Å². The number of carbonyl (C=O) groups is 2. The molecule has 2 amide bonds. The summed E-state index contributed by atoms with van der Waals surface area (Å²) in [6.45, 7) is 6.02. The predicted molar refractivity (Wildman–Crippen MR) is 78.9 cm³/mol. The quantitative estimate of drug-likeness (QED) is 0.840. The number of anilines is 1. The molecule has 0 heterocycles. The molecule has 0 aromatic heterocycles. The molecule has 2 N–H and O–H groups in total. The number of para-hydroxylation sites is 1. The van der Waals surface area contributed by atoms with E-state index in [0.29, 0.717) is 6.54 Å². The zero-order valence-corrected chi connectivity index (χ0v) is 12.2. The number of carboxylic acid groups (broad SMARTS) is 1. The van der Waals surface area contributed by atoms with E-state index in [2.05, 4.69) is 5.32 Å². The van der Waals surface area contributed by atoms with Crippen LogP contribution in [0.15, 0.2) is 24.3 Å². The minimum Gasteiger partial charge on any atom is -0.480 e. The molecule has 0 aliphatic rings. The number of benzene rings is 1. The molecule has 20 heavy (non-hydrogen) atoms. The van der Waals surface area contributed by atoms with E-state index in [1.165, 1.54) is 4.90 Å². The first-order valence-corrected chi connectivity index (χ1v) is 6.79. The Morgan fingerprint density at radius 3 is 2.50 bits per heavy atom. The number of carboxylic acids is 1. The molecule has 1 rings (SSSR count). The van der Waals surface area contributed by atoms with Gasteiger partial charge in [-0.25, -0.2) is 4.79 Å². The Labute approximate surface area is 119 Å². The van der Waals surface area contributed by atoms with Crippen LogP contribution < -0.4 is 5.32 Å². The molecule has 110 valence electrons. The van der Waals surface area contributed by atoms with Crippen molar-refractivity contribution in [3.8, 4) is 0 Å². The second kappa shape index (κ2) is 7.53. The van der Waals surface area contributed by atoms with Gasteiger partial charge in [-0.05, 0) is 24.0 Å². The van der Waals surface area contributed by atoms with E-state index in [1.54, 1.807) is 0 Å². The van der Waals surface area contributed by atoms with E-state index in [0.717, 1.165) is 17.7 Å². The first-order chi connectivity index (χ1) is 9.43. The summed E-state index contributed by atoms with van der Waals surface area (Å²) >= 11 is 0. The van der Waals surface area contributed by atoms with Gasteiger partial charge in [-0.15, -0.1) is 0 Å². The third-order valence-electron chi connectivity index (χ3n) is 2.84. The first kappa shape index (κ1) is 16.0. The Balaban J connectivity index is 2.81. The normalized spacial score (nSPS) is 10.4. The maximum Gasteiger partial charge on any atom is 0.323 e. The van der Waals surface area contributed by atoms with Crippen molar-refractivity contribution in [1.82, 2.24) is 4.90 Å². The minimum absolute atomic E-state index is 0.210. The van der Waals surface area contributed by atoms with Crippen molar-refractivity contribution in [2.75, 3.05) is 18.4 Å². The van der Waals surface area contributed by atoms with Gasteiger partial charge in [0.25, 0.3) is 0 Å². The fourth-order valence-corrected chi connectivity index (χ4v) is 1.97. The van der Waals surface area contributed by atoms with E-state index < -0.39 is 5.97 Å². The molecular weight excluding hydrogens is 256 g/mol. The lowest BCUT2D eigenvalue weighted by molar-refractivity contribution is -0.137. The van der Waals surface area contributed by atoms with Gasteiger partial charge in [-0.1, -0.05) is 39.0 Å². The summed E-state index contributed by atoms with van der Waals surface area (Å²) in [4.78, 5) is 24.4. The lowest BCUT2D eigenvalue weighted by Crippen LogP contribution is -2.41. The number of nitrogens with zero attached hydrogens (tertiary/aromatic N) is 1. The standard InChI is InChI=1S/C15H22N2O3/c1-4-12-7-5-6-8-13(12)16-15(20)17(9-11(2)3)10-14(18)19/h5-8,11H,4,9-10H2,1-3H3,(H,16,20)(H,18,19). The van der Waals surface area contributed by atoms with Gasteiger partial charge >= 0.3 is 12.0 Å². The molecule has 0 saturated heterocycles. The maximum absolute atomic E-state index is 12.2. The Morgan fingerprint density at radius 1 is 1.30 bits per heavy atom. The highest BCUT2D eigenvalue weighted by molar-refractivity contribution is 5.92. The molecule has 1 aromatic rings. The second-order valence-electron chi connectivity index (χ2n) is 5.11. The van der Waals surface area contributed by atoms with Gasteiger partial charge in [0.05, 0.1) is 0 Å². The SMILES string of the molecule is CCc1ccccc1NC(=O)N(CC(=O)O)CC(C)C. The molecule has 1 aromatic carbocycles. The molecule has 0 atom stereocenters. The predicted octanol–water partition coefficient (Wildman–Crippen LogP) is 2.82. The van der Waals surface area contributed by atoms with Crippen molar-refractivity contribution in [2.24, 2.45) is 5.92 Å². The van der Waals surface area contributed by atoms with Gasteiger partial charge in [0, 0.05) is 12.2 Å². The number of carbonyl (C=O) groups excluding carboxylic acids is 1. The summed E-state index contributed by atoms with van der Waals surface area (Å²) in [5.41, 5.74) is 1.76. The van der Waals surface area contributed by atoms with Crippen molar-refractivity contribution < 1.29 is 14.7 Å². The maximum atomic E-state index is 12.2. The first-order valence-electron chi connectivity index (χ1n) is 6.79. The fraction of sp³-hybridized carbons (Fsp3) is 0.467. The monoisotopic (exact) mass is 278 g/mol. The third kappa shape index (κ3) is 4.91. The number of rotatable bonds is 6. The fourth-order valence-electron chi connectivity index (χ4n) is 1.97. The molecule has 0 bridgehead atoms. The zero-order valence-electron chi connectivity index (χ0n) is 12.2. The summed E-state index contributed by atoms with van der Waals surface area (Å²) < 4.78 is 0. The molecule has 0 aliphatic carbocycles. The molecule has 0 saturated carbocycles. The van der Waals surface area contributed by atoms with Crippen LogP contribution in [0.1, 0.15) is 26.3 Å². The molecule has 0 spiro atoms. The van der Waals surface area contributed by atoms with E-state index in [4.69, 9.17) is 5.11 Å². The van der Waals surface area contributed by atoms with Crippen LogP contribution in [0.25, 0.3) is 0 Å². The summed E-state index contributed by atoms with van der Waals surface area (Å²) in [7, 11) is 0. The Hall–Kier alpha value is -2.04. The molecule has 0 fully saturated rings. The average Bonchev–Trinajstić information content (AvgIpc) is 2.37. The van der Waals surface area contributed by atoms with Crippen molar-refractivity contribution in [1.29, 1.82) is 0 Å². The molecule has 5 heteroatoms. The van der Waals surface area contributed by atoms with Gasteiger partial charge in [0.2, 0.25) is 0 Å². The summed E-state index contributed by atoms with van der Waals surface area (Å²) in [6, 6.07) is 7.16. The van der Waals surface area contributed by atoms with Crippen LogP contribution in [-0.4, -0.2) is 35.1 Å². The molecular formula is C15H22N2O3. The van der Waals surface area contributed by atoms with Gasteiger partial charge in [-0.2, -0.15) is 0 Å². The van der Waals surface area contributed by atoms with E-state index in [1.807, 2.05) is 45.0 Å². The Kier molecular flexibility index (Phi) is 6.03. The van der Waals surface area contributed by atoms with Crippen molar-refractivity contribution in [2.45, 2.75) is 27.2 Å².